The molecule has 1 aliphatic heterocycles. The number of rotatable bonds is 7. The Balaban J connectivity index is 1.85. The standard InChI is InChI=1S/C24H29N3O3/c1-27(21-10-7-19(8-11-21)23(28)30-2)22(24(29)13-15-26-16-14-24)12-9-18-5-3-4-6-20(18)17-25/h3-8,10-11,22,26,29H,9,12-16H2,1-2H3. The SMILES string of the molecule is COC(=O)c1ccc(N(C)C(CCc2ccccc2C#N)C2(O)CCNCC2)cc1. The maximum absolute atomic E-state index is 11.7. The Morgan fingerprint density at radius 2 is 1.90 bits per heavy atom. The summed E-state index contributed by atoms with van der Waals surface area (Å²) in [7, 11) is 3.35. The lowest BCUT2D eigenvalue weighted by molar-refractivity contribution is -0.0167. The number of anilines is 1. The van der Waals surface area contributed by atoms with Gasteiger partial charge in [-0.1, -0.05) is 18.2 Å². The van der Waals surface area contributed by atoms with Gasteiger partial charge in [-0.25, -0.2) is 4.79 Å². The molecular weight excluding hydrogens is 378 g/mol. The number of benzene rings is 2. The Labute approximate surface area is 178 Å². The normalized spacial score (nSPS) is 16.3. The van der Waals surface area contributed by atoms with Crippen LogP contribution in [-0.2, 0) is 11.2 Å². The van der Waals surface area contributed by atoms with Crippen LogP contribution in [0.5, 0.6) is 0 Å². The molecule has 2 aromatic rings. The van der Waals surface area contributed by atoms with Crippen LogP contribution in [0, 0.1) is 11.3 Å². The number of nitriles is 1. The molecule has 0 spiro atoms. The zero-order valence-electron chi connectivity index (χ0n) is 17.6. The molecule has 1 fully saturated rings. The number of ether oxygens (including phenoxy) is 1. The number of aliphatic hydroxyl groups is 1. The van der Waals surface area contributed by atoms with E-state index in [9.17, 15) is 15.2 Å². The van der Waals surface area contributed by atoms with Crippen molar-refractivity contribution >= 4 is 11.7 Å². The molecule has 0 saturated carbocycles. The first-order chi connectivity index (χ1) is 14.5. The van der Waals surface area contributed by atoms with Crippen molar-refractivity contribution in [2.75, 3.05) is 32.1 Å². The molecule has 0 aromatic heterocycles. The smallest absolute Gasteiger partial charge is 0.337 e. The molecule has 0 radical (unpaired) electrons. The van der Waals surface area contributed by atoms with Gasteiger partial charge < -0.3 is 20.1 Å². The van der Waals surface area contributed by atoms with Crippen LogP contribution in [0.1, 0.15) is 40.7 Å². The highest BCUT2D eigenvalue weighted by Crippen LogP contribution is 2.32. The summed E-state index contributed by atoms with van der Waals surface area (Å²) in [4.78, 5) is 13.8. The van der Waals surface area contributed by atoms with Crippen molar-refractivity contribution in [2.24, 2.45) is 0 Å². The molecule has 0 bridgehead atoms. The first-order valence-corrected chi connectivity index (χ1v) is 10.3. The fourth-order valence-electron chi connectivity index (χ4n) is 4.29. The molecule has 1 aliphatic rings. The molecule has 1 saturated heterocycles. The molecule has 2 aromatic carbocycles. The number of nitrogens with zero attached hydrogens (tertiary/aromatic N) is 2. The van der Waals surface area contributed by atoms with Crippen LogP contribution in [0.4, 0.5) is 5.69 Å². The highest BCUT2D eigenvalue weighted by atomic mass is 16.5. The Morgan fingerprint density at radius 3 is 2.53 bits per heavy atom. The minimum atomic E-state index is -0.831. The Hall–Kier alpha value is -2.88. The van der Waals surface area contributed by atoms with Crippen LogP contribution in [0.25, 0.3) is 0 Å². The minimum absolute atomic E-state index is 0.129. The highest BCUT2D eigenvalue weighted by Gasteiger charge is 2.40. The molecule has 6 nitrogen and oxygen atoms in total. The summed E-state index contributed by atoms with van der Waals surface area (Å²) in [6.07, 6.45) is 2.75. The van der Waals surface area contributed by atoms with Crippen LogP contribution in [-0.4, -0.2) is 50.0 Å². The van der Waals surface area contributed by atoms with Gasteiger partial charge in [0.25, 0.3) is 0 Å². The molecule has 6 heteroatoms. The maximum atomic E-state index is 11.7. The quantitative estimate of drug-likeness (QED) is 0.687. The van der Waals surface area contributed by atoms with Crippen LogP contribution < -0.4 is 10.2 Å². The monoisotopic (exact) mass is 407 g/mol. The van der Waals surface area contributed by atoms with Gasteiger partial charge in [0, 0.05) is 12.7 Å². The second-order valence-electron chi connectivity index (χ2n) is 7.83. The number of carbonyl (C=O) groups is 1. The van der Waals surface area contributed by atoms with Gasteiger partial charge in [-0.2, -0.15) is 5.26 Å². The number of hydrogen-bond donors (Lipinski definition) is 2. The van der Waals surface area contributed by atoms with E-state index in [1.165, 1.54) is 7.11 Å². The zero-order chi connectivity index (χ0) is 21.6. The third-order valence-electron chi connectivity index (χ3n) is 6.08. The lowest BCUT2D eigenvalue weighted by Crippen LogP contribution is -2.56. The average Bonchev–Trinajstić information content (AvgIpc) is 2.79. The van der Waals surface area contributed by atoms with E-state index in [-0.39, 0.29) is 12.0 Å². The summed E-state index contributed by atoms with van der Waals surface area (Å²) in [5, 5.41) is 24.3. The molecule has 1 atom stereocenters. The summed E-state index contributed by atoms with van der Waals surface area (Å²) < 4.78 is 4.78. The largest absolute Gasteiger partial charge is 0.465 e. The van der Waals surface area contributed by atoms with Crippen LogP contribution >= 0.6 is 0 Å². The molecule has 0 amide bonds. The van der Waals surface area contributed by atoms with Crippen molar-refractivity contribution in [3.05, 3.63) is 65.2 Å². The van der Waals surface area contributed by atoms with E-state index >= 15 is 0 Å². The first kappa shape index (κ1) is 21.8. The number of hydrogen-bond acceptors (Lipinski definition) is 6. The number of esters is 1. The minimum Gasteiger partial charge on any atom is -0.465 e. The van der Waals surface area contributed by atoms with Gasteiger partial charge in [0.1, 0.15) is 0 Å². The van der Waals surface area contributed by atoms with Gasteiger partial charge in [-0.3, -0.25) is 0 Å². The third-order valence-corrected chi connectivity index (χ3v) is 6.08. The predicted octanol–water partition coefficient (Wildman–Crippen LogP) is 2.90. The van der Waals surface area contributed by atoms with E-state index in [0.717, 1.165) is 24.3 Å². The summed E-state index contributed by atoms with van der Waals surface area (Å²) in [6, 6.07) is 17.0. The van der Waals surface area contributed by atoms with Crippen molar-refractivity contribution < 1.29 is 14.6 Å². The number of piperidine rings is 1. The van der Waals surface area contributed by atoms with Gasteiger partial charge in [0.05, 0.1) is 35.9 Å². The highest BCUT2D eigenvalue weighted by molar-refractivity contribution is 5.89. The van der Waals surface area contributed by atoms with Crippen LogP contribution in [0.15, 0.2) is 48.5 Å². The summed E-state index contributed by atoms with van der Waals surface area (Å²) >= 11 is 0. The number of aryl methyl sites for hydroxylation is 1. The van der Waals surface area contributed by atoms with E-state index in [1.54, 1.807) is 12.1 Å². The molecule has 3 rings (SSSR count). The lowest BCUT2D eigenvalue weighted by Gasteiger charge is -2.45. The molecule has 1 unspecified atom stereocenters. The van der Waals surface area contributed by atoms with Gasteiger partial charge >= 0.3 is 5.97 Å². The lowest BCUT2D eigenvalue weighted by atomic mass is 9.81. The number of methoxy groups -OCH3 is 1. The fourth-order valence-corrected chi connectivity index (χ4v) is 4.29. The van der Waals surface area contributed by atoms with Crippen molar-refractivity contribution in [3.8, 4) is 6.07 Å². The van der Waals surface area contributed by atoms with Gasteiger partial charge in [0.15, 0.2) is 0 Å². The van der Waals surface area contributed by atoms with Gasteiger partial charge in [0.2, 0.25) is 0 Å². The molecule has 1 heterocycles. The Bertz CT molecular complexity index is 899. The second kappa shape index (κ2) is 9.75. The number of nitrogens with one attached hydrogen (secondary N) is 1. The number of likely N-dealkylation sites (N-methyl/N-ethyl adjacent to an activating group) is 1. The van der Waals surface area contributed by atoms with E-state index in [2.05, 4.69) is 16.3 Å². The fraction of sp³-hybridized carbons (Fsp3) is 0.417. The Kier molecular flexibility index (Phi) is 7.09. The molecule has 0 aliphatic carbocycles. The van der Waals surface area contributed by atoms with Crippen LogP contribution in [0.3, 0.4) is 0 Å². The first-order valence-electron chi connectivity index (χ1n) is 10.3. The number of carbonyl (C=O) groups excluding carboxylic acids is 1. The molecule has 158 valence electrons. The van der Waals surface area contributed by atoms with Crippen molar-refractivity contribution in [3.63, 3.8) is 0 Å². The molecular formula is C24H29N3O3. The van der Waals surface area contributed by atoms with E-state index in [4.69, 9.17) is 4.74 Å². The van der Waals surface area contributed by atoms with Crippen molar-refractivity contribution in [1.82, 2.24) is 5.32 Å². The zero-order valence-corrected chi connectivity index (χ0v) is 17.6. The van der Waals surface area contributed by atoms with E-state index in [0.29, 0.717) is 36.8 Å². The van der Waals surface area contributed by atoms with Gasteiger partial charge in [-0.05, 0) is 74.7 Å². The van der Waals surface area contributed by atoms with Crippen LogP contribution in [0.2, 0.25) is 0 Å². The van der Waals surface area contributed by atoms with E-state index in [1.807, 2.05) is 43.4 Å². The second-order valence-corrected chi connectivity index (χ2v) is 7.83. The van der Waals surface area contributed by atoms with E-state index < -0.39 is 5.60 Å². The van der Waals surface area contributed by atoms with Gasteiger partial charge in [-0.15, -0.1) is 0 Å². The Morgan fingerprint density at radius 1 is 1.23 bits per heavy atom. The maximum Gasteiger partial charge on any atom is 0.337 e. The molecule has 2 N–H and O–H groups in total. The van der Waals surface area contributed by atoms with Crippen molar-refractivity contribution in [1.29, 1.82) is 5.26 Å². The third kappa shape index (κ3) is 4.81. The summed E-state index contributed by atoms with van der Waals surface area (Å²) in [5.74, 6) is -0.370. The topological polar surface area (TPSA) is 85.6 Å². The van der Waals surface area contributed by atoms with Crippen molar-refractivity contribution in [2.45, 2.75) is 37.3 Å². The summed E-state index contributed by atoms with van der Waals surface area (Å²) in [6.45, 7) is 1.55. The average molecular weight is 408 g/mol. The summed E-state index contributed by atoms with van der Waals surface area (Å²) in [5.41, 5.74) is 2.27. The predicted molar refractivity (Wildman–Crippen MR) is 117 cm³/mol. The molecule has 30 heavy (non-hydrogen) atoms.